The number of esters is 4. The van der Waals surface area contributed by atoms with E-state index in [1.807, 2.05) is 30.3 Å². The van der Waals surface area contributed by atoms with Crippen LogP contribution in [0.2, 0.25) is 0 Å². The van der Waals surface area contributed by atoms with Gasteiger partial charge in [-0.25, -0.2) is 4.79 Å². The molecule has 10 heteroatoms. The number of ether oxygens (including phenoxy) is 4. The Morgan fingerprint density at radius 1 is 0.822 bits per heavy atom. The van der Waals surface area contributed by atoms with E-state index in [0.717, 1.165) is 5.56 Å². The van der Waals surface area contributed by atoms with E-state index in [2.05, 4.69) is 0 Å². The summed E-state index contributed by atoms with van der Waals surface area (Å²) >= 11 is 0. The first-order chi connectivity index (χ1) is 21.0. The molecule has 4 rings (SSSR count). The third-order valence-electron chi connectivity index (χ3n) is 9.16. The van der Waals surface area contributed by atoms with E-state index in [4.69, 9.17) is 18.9 Å². The molecule has 0 unspecified atom stereocenters. The van der Waals surface area contributed by atoms with Crippen LogP contribution in [0.5, 0.6) is 0 Å². The monoisotopic (exact) mass is 620 g/mol. The molecule has 1 fully saturated rings. The normalized spacial score (nSPS) is 30.6. The van der Waals surface area contributed by atoms with Gasteiger partial charge in [0.15, 0.2) is 0 Å². The van der Waals surface area contributed by atoms with Crippen molar-refractivity contribution in [1.82, 2.24) is 0 Å². The smallest absolute Gasteiger partial charge is 0.331 e. The Kier molecular flexibility index (Phi) is 9.65. The number of rotatable bonds is 6. The molecule has 4 bridgehead atoms. The van der Waals surface area contributed by atoms with E-state index in [-0.39, 0.29) is 24.8 Å². The number of ketones is 2. The number of benzene rings is 1. The summed E-state index contributed by atoms with van der Waals surface area (Å²) in [5.41, 5.74) is -0.717. The first-order valence-electron chi connectivity index (χ1n) is 15.0. The highest BCUT2D eigenvalue weighted by molar-refractivity contribution is 6.45. The topological polar surface area (TPSA) is 139 Å². The molecule has 0 spiro atoms. The van der Waals surface area contributed by atoms with Gasteiger partial charge in [-0.3, -0.25) is 24.0 Å². The van der Waals surface area contributed by atoms with E-state index in [9.17, 15) is 28.8 Å². The number of allylic oxidation sites excluding steroid dienone is 1. The van der Waals surface area contributed by atoms with E-state index >= 15 is 0 Å². The van der Waals surface area contributed by atoms with Crippen molar-refractivity contribution < 1.29 is 47.7 Å². The summed E-state index contributed by atoms with van der Waals surface area (Å²) < 4.78 is 23.0. The molecule has 0 radical (unpaired) electrons. The van der Waals surface area contributed by atoms with Gasteiger partial charge in [-0.05, 0) is 55.6 Å². The van der Waals surface area contributed by atoms with E-state index in [0.29, 0.717) is 11.1 Å². The lowest BCUT2D eigenvalue weighted by atomic mass is 9.57. The third-order valence-corrected chi connectivity index (χ3v) is 9.16. The molecule has 45 heavy (non-hydrogen) atoms. The number of hydrogen-bond acceptors (Lipinski definition) is 10. The van der Waals surface area contributed by atoms with Crippen molar-refractivity contribution in [3.8, 4) is 0 Å². The molecule has 0 saturated heterocycles. The highest BCUT2D eigenvalue weighted by Gasteiger charge is 2.57. The number of fused-ring (bicyclic) bond motifs is 4. The summed E-state index contributed by atoms with van der Waals surface area (Å²) in [6.45, 7) is 10.5. The molecule has 0 aliphatic heterocycles. The van der Waals surface area contributed by atoms with Crippen LogP contribution in [0, 0.1) is 16.7 Å². The van der Waals surface area contributed by atoms with Gasteiger partial charge in [-0.1, -0.05) is 44.2 Å². The molecular formula is C35H40O10. The largest absolute Gasteiger partial charge is 0.461 e. The molecule has 3 aliphatic carbocycles. The molecule has 240 valence electrons. The fourth-order valence-electron chi connectivity index (χ4n) is 6.98. The van der Waals surface area contributed by atoms with Crippen molar-refractivity contribution in [1.29, 1.82) is 0 Å². The van der Waals surface area contributed by atoms with Crippen LogP contribution in [-0.4, -0.2) is 59.9 Å². The molecule has 1 saturated carbocycles. The predicted octanol–water partition coefficient (Wildman–Crippen LogP) is 4.65. The Labute approximate surface area is 262 Å². The zero-order chi connectivity index (χ0) is 33.3. The van der Waals surface area contributed by atoms with Gasteiger partial charge in [0.05, 0.1) is 5.41 Å². The molecule has 10 nitrogen and oxygen atoms in total. The molecule has 0 amide bonds. The maximum atomic E-state index is 14.3. The van der Waals surface area contributed by atoms with Crippen LogP contribution in [0.15, 0.2) is 59.2 Å². The second kappa shape index (κ2) is 12.9. The average Bonchev–Trinajstić information content (AvgIpc) is 2.94. The maximum Gasteiger partial charge on any atom is 0.331 e. The lowest BCUT2D eigenvalue weighted by Gasteiger charge is -2.49. The fraction of sp³-hybridized carbons (Fsp3) is 0.486. The summed E-state index contributed by atoms with van der Waals surface area (Å²) in [6, 6.07) is 9.15. The van der Waals surface area contributed by atoms with E-state index in [1.54, 1.807) is 39.8 Å². The average molecular weight is 621 g/mol. The minimum atomic E-state index is -1.54. The first-order valence-corrected chi connectivity index (χ1v) is 15.0. The maximum absolute atomic E-state index is 14.3. The van der Waals surface area contributed by atoms with Gasteiger partial charge < -0.3 is 18.9 Å². The van der Waals surface area contributed by atoms with Crippen LogP contribution < -0.4 is 0 Å². The van der Waals surface area contributed by atoms with Crippen molar-refractivity contribution in [2.24, 2.45) is 16.7 Å². The van der Waals surface area contributed by atoms with Crippen LogP contribution in [-0.2, 0) is 47.7 Å². The minimum absolute atomic E-state index is 0.0964. The van der Waals surface area contributed by atoms with Crippen LogP contribution in [0.3, 0.4) is 0 Å². The van der Waals surface area contributed by atoms with Crippen LogP contribution in [0.4, 0.5) is 0 Å². The van der Waals surface area contributed by atoms with Crippen molar-refractivity contribution in [3.05, 3.63) is 64.8 Å². The first kappa shape index (κ1) is 33.6. The molecule has 0 aromatic heterocycles. The lowest BCUT2D eigenvalue weighted by molar-refractivity contribution is -0.168. The Morgan fingerprint density at radius 3 is 2.04 bits per heavy atom. The second-order valence-corrected chi connectivity index (χ2v) is 12.8. The summed E-state index contributed by atoms with van der Waals surface area (Å²) in [6.07, 6.45) is 0.701. The third kappa shape index (κ3) is 7.00. The van der Waals surface area contributed by atoms with Gasteiger partial charge >= 0.3 is 23.9 Å². The van der Waals surface area contributed by atoms with Crippen molar-refractivity contribution >= 4 is 41.5 Å². The SMILES string of the molecule is CC(=O)O[C@@H]1C[C@H]2[C@H](OC(C)=O)/C=C3\C[C@](C)(C(=O)C(=O)C(=C1C)C2(C)C)[C@H](OC(C)=O)C[C@H]3OC(=O)/C=C/c1ccccc1. The highest BCUT2D eigenvalue weighted by Crippen LogP contribution is 2.52. The van der Waals surface area contributed by atoms with Crippen molar-refractivity contribution in [2.75, 3.05) is 0 Å². The van der Waals surface area contributed by atoms with Crippen molar-refractivity contribution in [3.63, 3.8) is 0 Å². The zero-order valence-corrected chi connectivity index (χ0v) is 26.7. The van der Waals surface area contributed by atoms with Gasteiger partial charge in [0, 0.05) is 50.2 Å². The molecule has 1 aromatic rings. The summed E-state index contributed by atoms with van der Waals surface area (Å²) in [5.74, 6) is -4.65. The molecule has 0 heterocycles. The fourth-order valence-corrected chi connectivity index (χ4v) is 6.98. The van der Waals surface area contributed by atoms with Crippen molar-refractivity contribution in [2.45, 2.75) is 92.1 Å². The number of carbonyl (C=O) groups is 6. The quantitative estimate of drug-likeness (QED) is 0.145. The Balaban J connectivity index is 1.88. The number of carbonyl (C=O) groups excluding carboxylic acids is 6. The summed E-state index contributed by atoms with van der Waals surface area (Å²) in [4.78, 5) is 78.4. The number of hydrogen-bond donors (Lipinski definition) is 0. The van der Waals surface area contributed by atoms with Gasteiger partial charge in [0.25, 0.3) is 0 Å². The van der Waals surface area contributed by atoms with Gasteiger partial charge in [0.1, 0.15) is 24.4 Å². The molecule has 1 aromatic carbocycles. The summed E-state index contributed by atoms with van der Waals surface area (Å²) in [7, 11) is 0. The Hall–Kier alpha value is -4.34. The highest BCUT2D eigenvalue weighted by atomic mass is 16.6. The van der Waals surface area contributed by atoms with Crippen LogP contribution in [0.25, 0.3) is 6.08 Å². The Morgan fingerprint density at radius 2 is 1.44 bits per heavy atom. The second-order valence-electron chi connectivity index (χ2n) is 12.8. The standard InChI is InChI=1S/C35H40O10/c1-19-26(42-20(2)36)16-25-28(43-21(3)37)15-24-18-35(7,33(41)32(40)31(19)34(25,5)6)29(44-22(4)38)17-27(24)45-30(39)14-13-23-11-9-8-10-12-23/h8-15,25-29H,16-18H2,1-7H3/b14-13+,24-15+/t25-,26+,27+,28+,29+,35-/m0/s1. The Bertz CT molecular complexity index is 1500. The predicted molar refractivity (Wildman–Crippen MR) is 162 cm³/mol. The zero-order valence-electron chi connectivity index (χ0n) is 26.7. The van der Waals surface area contributed by atoms with E-state index in [1.165, 1.54) is 26.8 Å². The van der Waals surface area contributed by atoms with E-state index < -0.39 is 76.6 Å². The van der Waals surface area contributed by atoms with Crippen LogP contribution >= 0.6 is 0 Å². The summed E-state index contributed by atoms with van der Waals surface area (Å²) in [5, 5.41) is 0. The van der Waals surface area contributed by atoms with Crippen LogP contribution in [0.1, 0.15) is 73.3 Å². The van der Waals surface area contributed by atoms with Gasteiger partial charge in [0.2, 0.25) is 11.6 Å². The van der Waals surface area contributed by atoms with Gasteiger partial charge in [-0.15, -0.1) is 0 Å². The lowest BCUT2D eigenvalue weighted by Crippen LogP contribution is -2.55. The molecule has 0 N–H and O–H groups in total. The molecule has 3 aliphatic rings. The van der Waals surface area contributed by atoms with Gasteiger partial charge in [-0.2, -0.15) is 0 Å². The molecule has 6 atom stereocenters. The minimum Gasteiger partial charge on any atom is -0.461 e. The number of Topliss-reactive ketones (excluding diaryl/α,β-unsaturated/α-hetero) is 2. The molecular weight excluding hydrogens is 580 g/mol.